The zero-order valence-corrected chi connectivity index (χ0v) is 14.5. The number of carbonyl (C=O) groups is 1. The van der Waals surface area contributed by atoms with Crippen molar-refractivity contribution in [1.29, 1.82) is 0 Å². The van der Waals surface area contributed by atoms with Crippen LogP contribution in [0, 0.1) is 0 Å². The average molecular weight is 366 g/mol. The molecule has 0 amide bonds. The molecule has 5 unspecified atom stereocenters. The summed E-state index contributed by atoms with van der Waals surface area (Å²) in [7, 11) is 0. The number of rotatable bonds is 9. The monoisotopic (exact) mass is 366 g/mol. The second-order valence-corrected chi connectivity index (χ2v) is 6.04. The molecule has 7 nitrogen and oxygen atoms in total. The van der Waals surface area contributed by atoms with Crippen LogP contribution in [0.1, 0.15) is 13.3 Å². The number of carbonyl (C=O) groups excluding carboxylic acids is 1. The minimum atomic E-state index is -1.69. The Bertz CT molecular complexity index is 587. The second kappa shape index (κ2) is 10.8. The molecule has 5 N–H and O–H groups in total. The molecule has 26 heavy (non-hydrogen) atoms. The highest BCUT2D eigenvalue weighted by atomic mass is 16.6. The molecule has 0 radical (unpaired) electrons. The highest BCUT2D eigenvalue weighted by molar-refractivity contribution is 5.83. The van der Waals surface area contributed by atoms with Gasteiger partial charge in [-0.3, -0.25) is 0 Å². The molecule has 0 aromatic heterocycles. The molecule has 0 fully saturated rings. The van der Waals surface area contributed by atoms with E-state index in [1.54, 1.807) is 30.4 Å². The maximum atomic E-state index is 11.2. The third-order valence-corrected chi connectivity index (χ3v) is 3.69. The van der Waals surface area contributed by atoms with E-state index < -0.39 is 36.0 Å². The van der Waals surface area contributed by atoms with Crippen LogP contribution in [0.25, 0.3) is 0 Å². The standard InChI is InChI=1S/C19H26O7/c1-19(25,11-10-16-15(22)8-9-18(24)26-16)17(23)13-14(21)7-5-3-2-4-6-12-20/h2-11,14-17,20-23,25H,12-13H2,1H3/b3-2+,6-4+,7-5+,11-10+. The minimum absolute atomic E-state index is 0.0567. The summed E-state index contributed by atoms with van der Waals surface area (Å²) in [6.45, 7) is 1.29. The van der Waals surface area contributed by atoms with Crippen molar-refractivity contribution >= 4 is 5.97 Å². The van der Waals surface area contributed by atoms with Crippen molar-refractivity contribution in [2.45, 2.75) is 43.4 Å². The Morgan fingerprint density at radius 3 is 2.65 bits per heavy atom. The summed E-state index contributed by atoms with van der Waals surface area (Å²) in [5.74, 6) is -0.604. The Morgan fingerprint density at radius 1 is 1.27 bits per heavy atom. The number of aliphatic hydroxyl groups is 5. The lowest BCUT2D eigenvalue weighted by molar-refractivity contribution is -0.146. The van der Waals surface area contributed by atoms with Crippen molar-refractivity contribution in [2.75, 3.05) is 6.61 Å². The first-order valence-electron chi connectivity index (χ1n) is 8.22. The predicted molar refractivity (Wildman–Crippen MR) is 95.9 cm³/mol. The van der Waals surface area contributed by atoms with Crippen molar-refractivity contribution < 1.29 is 35.1 Å². The molecular weight excluding hydrogens is 340 g/mol. The van der Waals surface area contributed by atoms with Gasteiger partial charge in [0.05, 0.1) is 18.8 Å². The number of cyclic esters (lactones) is 1. The van der Waals surface area contributed by atoms with Gasteiger partial charge in [-0.15, -0.1) is 0 Å². The van der Waals surface area contributed by atoms with Gasteiger partial charge in [0.1, 0.15) is 17.8 Å². The van der Waals surface area contributed by atoms with Crippen molar-refractivity contribution in [3.8, 4) is 0 Å². The summed E-state index contributed by atoms with van der Waals surface area (Å²) < 4.78 is 4.90. The second-order valence-electron chi connectivity index (χ2n) is 6.04. The summed E-state index contributed by atoms with van der Waals surface area (Å²) in [6, 6.07) is 0. The van der Waals surface area contributed by atoms with E-state index in [2.05, 4.69) is 0 Å². The summed E-state index contributed by atoms with van der Waals surface area (Å²) in [4.78, 5) is 11.2. The van der Waals surface area contributed by atoms with Crippen LogP contribution in [0.4, 0.5) is 0 Å². The van der Waals surface area contributed by atoms with Crippen molar-refractivity contribution in [1.82, 2.24) is 0 Å². The van der Waals surface area contributed by atoms with Crippen LogP contribution in [0.3, 0.4) is 0 Å². The van der Waals surface area contributed by atoms with E-state index in [0.717, 1.165) is 6.08 Å². The first-order valence-corrected chi connectivity index (χ1v) is 8.22. The molecule has 0 saturated heterocycles. The molecule has 1 rings (SSSR count). The fourth-order valence-corrected chi connectivity index (χ4v) is 2.09. The van der Waals surface area contributed by atoms with E-state index in [1.165, 1.54) is 31.2 Å². The lowest BCUT2D eigenvalue weighted by Gasteiger charge is -2.28. The Morgan fingerprint density at radius 2 is 1.96 bits per heavy atom. The number of allylic oxidation sites excluding steroid dienone is 4. The largest absolute Gasteiger partial charge is 0.452 e. The van der Waals surface area contributed by atoms with Gasteiger partial charge in [0.15, 0.2) is 0 Å². The molecule has 5 atom stereocenters. The molecule has 1 heterocycles. The first kappa shape index (κ1) is 22.0. The van der Waals surface area contributed by atoms with Gasteiger partial charge in [-0.1, -0.05) is 42.5 Å². The number of ether oxygens (including phenoxy) is 1. The smallest absolute Gasteiger partial charge is 0.331 e. The van der Waals surface area contributed by atoms with E-state index >= 15 is 0 Å². The van der Waals surface area contributed by atoms with Crippen LogP contribution in [0.5, 0.6) is 0 Å². The van der Waals surface area contributed by atoms with Crippen molar-refractivity contribution in [3.05, 3.63) is 60.8 Å². The quantitative estimate of drug-likeness (QED) is 0.219. The topological polar surface area (TPSA) is 127 Å². The minimum Gasteiger partial charge on any atom is -0.452 e. The molecule has 0 spiro atoms. The summed E-state index contributed by atoms with van der Waals surface area (Å²) in [5.41, 5.74) is -1.69. The van der Waals surface area contributed by atoms with Gasteiger partial charge in [-0.05, 0) is 19.1 Å². The Balaban J connectivity index is 2.57. The summed E-state index contributed by atoms with van der Waals surface area (Å²) in [6.07, 6.45) is 10.1. The van der Waals surface area contributed by atoms with Crippen molar-refractivity contribution in [3.63, 3.8) is 0 Å². The van der Waals surface area contributed by atoms with Crippen LogP contribution in [0.15, 0.2) is 60.8 Å². The Hall–Kier alpha value is -2.03. The van der Waals surface area contributed by atoms with Crippen LogP contribution >= 0.6 is 0 Å². The average Bonchev–Trinajstić information content (AvgIpc) is 2.58. The molecule has 7 heteroatoms. The van der Waals surface area contributed by atoms with Gasteiger partial charge in [-0.25, -0.2) is 4.79 Å². The molecule has 144 valence electrons. The summed E-state index contributed by atoms with van der Waals surface area (Å²) >= 11 is 0. The van der Waals surface area contributed by atoms with Crippen LogP contribution in [0.2, 0.25) is 0 Å². The molecule has 0 aliphatic carbocycles. The third-order valence-electron chi connectivity index (χ3n) is 3.69. The molecule has 1 aliphatic rings. The van der Waals surface area contributed by atoms with Gasteiger partial charge >= 0.3 is 5.97 Å². The zero-order valence-electron chi connectivity index (χ0n) is 14.5. The Kier molecular flexibility index (Phi) is 9.18. The predicted octanol–water partition coefficient (Wildman–Crippen LogP) is -0.0911. The molecule has 0 aromatic carbocycles. The van der Waals surface area contributed by atoms with E-state index in [4.69, 9.17) is 9.84 Å². The van der Waals surface area contributed by atoms with E-state index in [1.807, 2.05) is 0 Å². The fraction of sp³-hybridized carbons (Fsp3) is 0.421. The van der Waals surface area contributed by atoms with E-state index in [9.17, 15) is 25.2 Å². The molecular formula is C19H26O7. The van der Waals surface area contributed by atoms with Gasteiger partial charge in [-0.2, -0.15) is 0 Å². The normalized spacial score (nSPS) is 26.0. The number of aliphatic hydroxyl groups excluding tert-OH is 4. The maximum absolute atomic E-state index is 11.2. The lowest BCUT2D eigenvalue weighted by Crippen LogP contribution is -2.40. The van der Waals surface area contributed by atoms with Crippen molar-refractivity contribution in [2.24, 2.45) is 0 Å². The van der Waals surface area contributed by atoms with Crippen LogP contribution in [-0.4, -0.2) is 68.1 Å². The molecule has 0 bridgehead atoms. The van der Waals surface area contributed by atoms with Crippen LogP contribution < -0.4 is 0 Å². The maximum Gasteiger partial charge on any atom is 0.331 e. The molecule has 1 aliphatic heterocycles. The van der Waals surface area contributed by atoms with E-state index in [-0.39, 0.29) is 13.0 Å². The molecule has 0 aromatic rings. The number of hydrogen-bond acceptors (Lipinski definition) is 7. The SMILES string of the molecule is CC(O)(/C=C/C1OC(=O)C=CC1O)C(O)CC(O)/C=C/C=C/C=C/CO. The lowest BCUT2D eigenvalue weighted by atomic mass is 9.92. The molecule has 0 saturated carbocycles. The fourth-order valence-electron chi connectivity index (χ4n) is 2.09. The number of hydrogen-bond donors (Lipinski definition) is 5. The first-order chi connectivity index (χ1) is 12.3. The highest BCUT2D eigenvalue weighted by Gasteiger charge is 2.30. The number of esters is 1. The zero-order chi connectivity index (χ0) is 19.6. The highest BCUT2D eigenvalue weighted by Crippen LogP contribution is 2.19. The third kappa shape index (κ3) is 7.90. The Labute approximate surface area is 152 Å². The van der Waals surface area contributed by atoms with E-state index in [0.29, 0.717) is 0 Å². The van der Waals surface area contributed by atoms with Crippen LogP contribution in [-0.2, 0) is 9.53 Å². The van der Waals surface area contributed by atoms with Gasteiger partial charge < -0.3 is 30.3 Å². The summed E-state index contributed by atoms with van der Waals surface area (Å²) in [5, 5.41) is 48.6. The van der Waals surface area contributed by atoms with Gasteiger partial charge in [0, 0.05) is 12.5 Å². The van der Waals surface area contributed by atoms with Gasteiger partial charge in [0.2, 0.25) is 0 Å². The van der Waals surface area contributed by atoms with Gasteiger partial charge in [0.25, 0.3) is 0 Å².